The molecule has 2 rings (SSSR count). The lowest BCUT2D eigenvalue weighted by atomic mass is 10.1. The Kier molecular flexibility index (Phi) is 2.71. The van der Waals surface area contributed by atoms with Gasteiger partial charge in [0.2, 0.25) is 5.91 Å². The second kappa shape index (κ2) is 4.05. The van der Waals surface area contributed by atoms with Crippen LogP contribution in [-0.4, -0.2) is 10.9 Å². The van der Waals surface area contributed by atoms with Crippen molar-refractivity contribution in [2.45, 2.75) is 20.8 Å². The SMILES string of the molecule is CC(=O)Nc1ccc2[nH]c(C)c(C)c(=O)c2c1. The lowest BCUT2D eigenvalue weighted by Crippen LogP contribution is -2.11. The predicted octanol–water partition coefficient (Wildman–Crippen LogP) is 2.10. The molecular weight excluding hydrogens is 216 g/mol. The summed E-state index contributed by atoms with van der Waals surface area (Å²) in [5.41, 5.74) is 3.00. The fraction of sp³-hybridized carbons (Fsp3) is 0.231. The minimum absolute atomic E-state index is 0.00320. The Balaban J connectivity index is 2.69. The number of amides is 1. The van der Waals surface area contributed by atoms with Crippen LogP contribution in [-0.2, 0) is 4.79 Å². The van der Waals surface area contributed by atoms with Gasteiger partial charge in [0.05, 0.1) is 0 Å². The number of carbonyl (C=O) groups excluding carboxylic acids is 1. The van der Waals surface area contributed by atoms with Crippen molar-refractivity contribution < 1.29 is 4.79 Å². The highest BCUT2D eigenvalue weighted by molar-refractivity contribution is 5.92. The van der Waals surface area contributed by atoms with Crippen molar-refractivity contribution in [3.63, 3.8) is 0 Å². The molecule has 0 aliphatic rings. The molecule has 1 aromatic heterocycles. The molecule has 0 atom stereocenters. The maximum atomic E-state index is 12.1. The molecule has 0 unspecified atom stereocenters. The molecule has 17 heavy (non-hydrogen) atoms. The van der Waals surface area contributed by atoms with Crippen LogP contribution in [0.3, 0.4) is 0 Å². The van der Waals surface area contributed by atoms with Crippen LogP contribution >= 0.6 is 0 Å². The molecule has 0 radical (unpaired) electrons. The first kappa shape index (κ1) is 11.4. The number of benzene rings is 1. The highest BCUT2D eigenvalue weighted by atomic mass is 16.1. The zero-order valence-electron chi connectivity index (χ0n) is 10.0. The number of aryl methyl sites for hydroxylation is 1. The molecule has 1 amide bonds. The molecule has 2 aromatic rings. The van der Waals surface area contributed by atoms with Crippen LogP contribution in [0, 0.1) is 13.8 Å². The van der Waals surface area contributed by atoms with Crippen molar-refractivity contribution in [1.29, 1.82) is 0 Å². The second-order valence-corrected chi connectivity index (χ2v) is 4.15. The maximum absolute atomic E-state index is 12.1. The van der Waals surface area contributed by atoms with E-state index in [-0.39, 0.29) is 11.3 Å². The minimum Gasteiger partial charge on any atom is -0.358 e. The number of hydrogen-bond donors (Lipinski definition) is 2. The number of aromatic nitrogens is 1. The number of pyridine rings is 1. The lowest BCUT2D eigenvalue weighted by Gasteiger charge is -2.06. The molecule has 0 saturated heterocycles. The topological polar surface area (TPSA) is 62.0 Å². The van der Waals surface area contributed by atoms with E-state index in [9.17, 15) is 9.59 Å². The number of carbonyl (C=O) groups is 1. The van der Waals surface area contributed by atoms with Crippen LogP contribution in [0.15, 0.2) is 23.0 Å². The number of rotatable bonds is 1. The van der Waals surface area contributed by atoms with Gasteiger partial charge in [-0.25, -0.2) is 0 Å². The van der Waals surface area contributed by atoms with Gasteiger partial charge in [0.15, 0.2) is 5.43 Å². The molecule has 0 fully saturated rings. The van der Waals surface area contributed by atoms with E-state index in [0.29, 0.717) is 16.6 Å². The number of anilines is 1. The molecule has 0 aliphatic heterocycles. The number of aromatic amines is 1. The van der Waals surface area contributed by atoms with E-state index >= 15 is 0 Å². The minimum atomic E-state index is -0.149. The summed E-state index contributed by atoms with van der Waals surface area (Å²) in [6.07, 6.45) is 0. The van der Waals surface area contributed by atoms with Crippen LogP contribution in [0.4, 0.5) is 5.69 Å². The summed E-state index contributed by atoms with van der Waals surface area (Å²) in [5.74, 6) is -0.149. The summed E-state index contributed by atoms with van der Waals surface area (Å²) in [6, 6.07) is 5.27. The Morgan fingerprint density at radius 1 is 1.29 bits per heavy atom. The van der Waals surface area contributed by atoms with Crippen molar-refractivity contribution in [2.75, 3.05) is 5.32 Å². The van der Waals surface area contributed by atoms with E-state index < -0.39 is 0 Å². The van der Waals surface area contributed by atoms with Gasteiger partial charge in [-0.3, -0.25) is 9.59 Å². The second-order valence-electron chi connectivity index (χ2n) is 4.15. The van der Waals surface area contributed by atoms with Gasteiger partial charge in [-0.15, -0.1) is 0 Å². The molecule has 4 nitrogen and oxygen atoms in total. The van der Waals surface area contributed by atoms with Crippen LogP contribution in [0.1, 0.15) is 18.2 Å². The molecule has 2 N–H and O–H groups in total. The third-order valence-electron chi connectivity index (χ3n) is 2.81. The van der Waals surface area contributed by atoms with Crippen molar-refractivity contribution in [3.8, 4) is 0 Å². The monoisotopic (exact) mass is 230 g/mol. The van der Waals surface area contributed by atoms with Crippen molar-refractivity contribution in [3.05, 3.63) is 39.7 Å². The van der Waals surface area contributed by atoms with Crippen LogP contribution in [0.25, 0.3) is 10.9 Å². The molecule has 0 spiro atoms. The average molecular weight is 230 g/mol. The maximum Gasteiger partial charge on any atom is 0.221 e. The van der Waals surface area contributed by atoms with E-state index in [1.165, 1.54) is 6.92 Å². The number of hydrogen-bond acceptors (Lipinski definition) is 2. The molecule has 4 heteroatoms. The Bertz CT molecular complexity index is 656. The summed E-state index contributed by atoms with van der Waals surface area (Å²) in [7, 11) is 0. The van der Waals surface area contributed by atoms with Gasteiger partial charge in [0.25, 0.3) is 0 Å². The summed E-state index contributed by atoms with van der Waals surface area (Å²) < 4.78 is 0. The van der Waals surface area contributed by atoms with Gasteiger partial charge in [-0.1, -0.05) is 0 Å². The van der Waals surface area contributed by atoms with Gasteiger partial charge in [-0.2, -0.15) is 0 Å². The average Bonchev–Trinajstić information content (AvgIpc) is 2.26. The third kappa shape index (κ3) is 2.06. The molecular formula is C13H14N2O2. The Morgan fingerprint density at radius 2 is 2.00 bits per heavy atom. The fourth-order valence-electron chi connectivity index (χ4n) is 1.79. The van der Waals surface area contributed by atoms with Gasteiger partial charge in [0, 0.05) is 34.8 Å². The largest absolute Gasteiger partial charge is 0.358 e. The molecule has 0 aliphatic carbocycles. The smallest absolute Gasteiger partial charge is 0.221 e. The quantitative estimate of drug-likeness (QED) is 0.788. The first-order valence-electron chi connectivity index (χ1n) is 5.40. The number of nitrogens with one attached hydrogen (secondary N) is 2. The summed E-state index contributed by atoms with van der Waals surface area (Å²) in [6.45, 7) is 5.10. The first-order chi connectivity index (χ1) is 7.99. The zero-order chi connectivity index (χ0) is 12.6. The van der Waals surface area contributed by atoms with Crippen molar-refractivity contribution in [1.82, 2.24) is 4.98 Å². The Morgan fingerprint density at radius 3 is 2.65 bits per heavy atom. The summed E-state index contributed by atoms with van der Waals surface area (Å²) >= 11 is 0. The van der Waals surface area contributed by atoms with Crippen molar-refractivity contribution in [2.24, 2.45) is 0 Å². The van der Waals surface area contributed by atoms with Crippen LogP contribution in [0.5, 0.6) is 0 Å². The van der Waals surface area contributed by atoms with Crippen molar-refractivity contribution >= 4 is 22.5 Å². The highest BCUT2D eigenvalue weighted by Gasteiger charge is 2.06. The van der Waals surface area contributed by atoms with E-state index in [0.717, 1.165) is 11.2 Å². The Hall–Kier alpha value is -2.10. The van der Waals surface area contributed by atoms with Gasteiger partial charge < -0.3 is 10.3 Å². The first-order valence-corrected chi connectivity index (χ1v) is 5.40. The standard InChI is InChI=1S/C13H14N2O2/c1-7-8(2)14-12-5-4-10(15-9(3)16)6-11(12)13(7)17/h4-6H,1-3H3,(H,14,17)(H,15,16). The zero-order valence-corrected chi connectivity index (χ0v) is 10.0. The molecule has 0 bridgehead atoms. The molecule has 1 aromatic carbocycles. The number of H-pyrrole nitrogens is 1. The summed E-state index contributed by atoms with van der Waals surface area (Å²) in [4.78, 5) is 26.2. The van der Waals surface area contributed by atoms with Gasteiger partial charge >= 0.3 is 0 Å². The van der Waals surface area contributed by atoms with E-state index in [1.807, 2.05) is 6.92 Å². The highest BCUT2D eigenvalue weighted by Crippen LogP contribution is 2.16. The Labute approximate surface area is 98.7 Å². The van der Waals surface area contributed by atoms with Gasteiger partial charge in [0.1, 0.15) is 0 Å². The van der Waals surface area contributed by atoms with Gasteiger partial charge in [-0.05, 0) is 32.0 Å². The van der Waals surface area contributed by atoms with Crippen LogP contribution in [0.2, 0.25) is 0 Å². The normalized spacial score (nSPS) is 10.5. The van der Waals surface area contributed by atoms with E-state index in [2.05, 4.69) is 10.3 Å². The van der Waals surface area contributed by atoms with E-state index in [1.54, 1.807) is 25.1 Å². The third-order valence-corrected chi connectivity index (χ3v) is 2.81. The van der Waals surface area contributed by atoms with Crippen LogP contribution < -0.4 is 10.7 Å². The molecule has 1 heterocycles. The molecule has 88 valence electrons. The number of fused-ring (bicyclic) bond motifs is 1. The molecule has 0 saturated carbocycles. The predicted molar refractivity (Wildman–Crippen MR) is 68.3 cm³/mol. The fourth-order valence-corrected chi connectivity index (χ4v) is 1.79. The summed E-state index contributed by atoms with van der Waals surface area (Å²) in [5, 5.41) is 3.26. The van der Waals surface area contributed by atoms with E-state index in [4.69, 9.17) is 0 Å². The lowest BCUT2D eigenvalue weighted by molar-refractivity contribution is -0.114.